The minimum Gasteiger partial charge on any atom is -0.388 e. The van der Waals surface area contributed by atoms with E-state index in [1.165, 1.54) is 6.07 Å². The van der Waals surface area contributed by atoms with Gasteiger partial charge in [-0.15, -0.1) is 0 Å². The molecule has 0 heterocycles. The standard InChI is InChI=1S/C8H9BrN2O2/c1-5-3-6(10-2)4-7(8(5)9)11(12)13/h3-4,10H,1-2H3. The highest BCUT2D eigenvalue weighted by Crippen LogP contribution is 2.31. The first-order valence-corrected chi connectivity index (χ1v) is 4.48. The zero-order chi connectivity index (χ0) is 10.0. The third-order valence-corrected chi connectivity index (χ3v) is 2.75. The summed E-state index contributed by atoms with van der Waals surface area (Å²) in [5, 5.41) is 13.5. The third kappa shape index (κ3) is 1.98. The van der Waals surface area contributed by atoms with Crippen molar-refractivity contribution in [1.29, 1.82) is 0 Å². The molecule has 0 saturated carbocycles. The van der Waals surface area contributed by atoms with Gasteiger partial charge >= 0.3 is 0 Å². The molecule has 1 rings (SSSR count). The molecule has 0 radical (unpaired) electrons. The molecule has 70 valence electrons. The van der Waals surface area contributed by atoms with Gasteiger partial charge in [-0.05, 0) is 34.5 Å². The van der Waals surface area contributed by atoms with Crippen molar-refractivity contribution in [3.8, 4) is 0 Å². The quantitative estimate of drug-likeness (QED) is 0.643. The van der Waals surface area contributed by atoms with Crippen molar-refractivity contribution in [1.82, 2.24) is 0 Å². The molecule has 1 N–H and O–H groups in total. The molecule has 0 fully saturated rings. The van der Waals surface area contributed by atoms with Crippen LogP contribution in [0.15, 0.2) is 16.6 Å². The van der Waals surface area contributed by atoms with E-state index in [4.69, 9.17) is 0 Å². The number of benzene rings is 1. The molecule has 0 aliphatic carbocycles. The number of anilines is 1. The summed E-state index contributed by atoms with van der Waals surface area (Å²) in [7, 11) is 1.73. The second kappa shape index (κ2) is 3.74. The van der Waals surface area contributed by atoms with E-state index >= 15 is 0 Å². The van der Waals surface area contributed by atoms with Crippen LogP contribution in [0.5, 0.6) is 0 Å². The number of hydrogen-bond acceptors (Lipinski definition) is 3. The van der Waals surface area contributed by atoms with Gasteiger partial charge in [0.1, 0.15) is 0 Å². The minimum absolute atomic E-state index is 0.0874. The lowest BCUT2D eigenvalue weighted by atomic mass is 10.2. The van der Waals surface area contributed by atoms with Crippen LogP contribution in [-0.4, -0.2) is 12.0 Å². The van der Waals surface area contributed by atoms with E-state index in [2.05, 4.69) is 21.2 Å². The normalized spacial score (nSPS) is 9.77. The Hall–Kier alpha value is -1.10. The highest BCUT2D eigenvalue weighted by Gasteiger charge is 2.14. The first-order valence-electron chi connectivity index (χ1n) is 3.68. The van der Waals surface area contributed by atoms with Gasteiger partial charge in [0.15, 0.2) is 0 Å². The van der Waals surface area contributed by atoms with Gasteiger partial charge in [-0.3, -0.25) is 10.1 Å². The Balaban J connectivity index is 3.33. The van der Waals surface area contributed by atoms with Crippen LogP contribution in [0.3, 0.4) is 0 Å². The van der Waals surface area contributed by atoms with E-state index in [9.17, 15) is 10.1 Å². The van der Waals surface area contributed by atoms with Crippen LogP contribution in [0.25, 0.3) is 0 Å². The van der Waals surface area contributed by atoms with Crippen molar-refractivity contribution >= 4 is 27.3 Å². The molecule has 4 nitrogen and oxygen atoms in total. The summed E-state index contributed by atoms with van der Waals surface area (Å²) in [5.74, 6) is 0. The van der Waals surface area contributed by atoms with Crippen LogP contribution in [0, 0.1) is 17.0 Å². The number of nitrogens with zero attached hydrogens (tertiary/aromatic N) is 1. The molecule has 0 unspecified atom stereocenters. The first kappa shape index (κ1) is 9.98. The average molecular weight is 245 g/mol. The lowest BCUT2D eigenvalue weighted by Gasteiger charge is -2.04. The van der Waals surface area contributed by atoms with E-state index in [0.29, 0.717) is 4.47 Å². The van der Waals surface area contributed by atoms with Gasteiger partial charge in [0.25, 0.3) is 5.69 Å². The van der Waals surface area contributed by atoms with E-state index in [1.54, 1.807) is 7.05 Å². The molecule has 0 spiro atoms. The largest absolute Gasteiger partial charge is 0.388 e. The number of nitro groups is 1. The number of rotatable bonds is 2. The average Bonchev–Trinajstić information content (AvgIpc) is 2.09. The molecule has 0 bridgehead atoms. The van der Waals surface area contributed by atoms with Crippen molar-refractivity contribution in [2.75, 3.05) is 12.4 Å². The van der Waals surface area contributed by atoms with Gasteiger partial charge in [0.2, 0.25) is 0 Å². The molecule has 0 amide bonds. The molecule has 0 aliphatic heterocycles. The summed E-state index contributed by atoms with van der Waals surface area (Å²) < 4.78 is 0.538. The fourth-order valence-electron chi connectivity index (χ4n) is 1.03. The lowest BCUT2D eigenvalue weighted by molar-refractivity contribution is -0.385. The topological polar surface area (TPSA) is 55.2 Å². The number of nitrogens with one attached hydrogen (secondary N) is 1. The van der Waals surface area contributed by atoms with Crippen LogP contribution >= 0.6 is 15.9 Å². The fraction of sp³-hybridized carbons (Fsp3) is 0.250. The predicted molar refractivity (Wildman–Crippen MR) is 55.1 cm³/mol. The zero-order valence-electron chi connectivity index (χ0n) is 7.30. The lowest BCUT2D eigenvalue weighted by Crippen LogP contribution is -1.95. The smallest absolute Gasteiger partial charge is 0.285 e. The molecule has 0 aromatic heterocycles. The summed E-state index contributed by atoms with van der Waals surface area (Å²) in [4.78, 5) is 10.2. The summed E-state index contributed by atoms with van der Waals surface area (Å²) in [6, 6.07) is 3.34. The Morgan fingerprint density at radius 2 is 2.15 bits per heavy atom. The first-order chi connectivity index (χ1) is 6.06. The zero-order valence-corrected chi connectivity index (χ0v) is 8.88. The Kier molecular flexibility index (Phi) is 2.87. The van der Waals surface area contributed by atoms with E-state index < -0.39 is 4.92 Å². The van der Waals surface area contributed by atoms with E-state index in [1.807, 2.05) is 13.0 Å². The molecule has 1 aromatic rings. The van der Waals surface area contributed by atoms with Crippen LogP contribution in [0.4, 0.5) is 11.4 Å². The molecule has 0 atom stereocenters. The Labute approximate surface area is 84.2 Å². The van der Waals surface area contributed by atoms with Gasteiger partial charge in [0.05, 0.1) is 9.40 Å². The van der Waals surface area contributed by atoms with Crippen molar-refractivity contribution in [3.05, 3.63) is 32.3 Å². The Bertz CT molecular complexity index is 352. The van der Waals surface area contributed by atoms with E-state index in [0.717, 1.165) is 11.3 Å². The summed E-state index contributed by atoms with van der Waals surface area (Å²) in [6.07, 6.45) is 0. The maximum Gasteiger partial charge on any atom is 0.285 e. The molecular formula is C8H9BrN2O2. The van der Waals surface area contributed by atoms with Gasteiger partial charge in [-0.1, -0.05) is 0 Å². The van der Waals surface area contributed by atoms with Crippen LogP contribution in [-0.2, 0) is 0 Å². The highest BCUT2D eigenvalue weighted by atomic mass is 79.9. The molecule has 0 aliphatic rings. The molecule has 13 heavy (non-hydrogen) atoms. The van der Waals surface area contributed by atoms with Crippen molar-refractivity contribution < 1.29 is 4.92 Å². The summed E-state index contributed by atoms with van der Waals surface area (Å²) >= 11 is 3.17. The van der Waals surface area contributed by atoms with Crippen LogP contribution in [0.2, 0.25) is 0 Å². The van der Waals surface area contributed by atoms with Crippen molar-refractivity contribution in [3.63, 3.8) is 0 Å². The number of aryl methyl sites for hydroxylation is 1. The summed E-state index contributed by atoms with van der Waals surface area (Å²) in [5.41, 5.74) is 1.68. The number of nitro benzene ring substituents is 1. The third-order valence-electron chi connectivity index (χ3n) is 1.72. The van der Waals surface area contributed by atoms with Gasteiger partial charge in [-0.2, -0.15) is 0 Å². The highest BCUT2D eigenvalue weighted by molar-refractivity contribution is 9.10. The second-order valence-corrected chi connectivity index (χ2v) is 3.43. The predicted octanol–water partition coefficient (Wildman–Crippen LogP) is 2.71. The van der Waals surface area contributed by atoms with Gasteiger partial charge < -0.3 is 5.32 Å². The molecule has 5 heteroatoms. The van der Waals surface area contributed by atoms with Crippen molar-refractivity contribution in [2.24, 2.45) is 0 Å². The fourth-order valence-corrected chi connectivity index (χ4v) is 1.40. The maximum absolute atomic E-state index is 10.6. The summed E-state index contributed by atoms with van der Waals surface area (Å²) in [6.45, 7) is 1.82. The second-order valence-electron chi connectivity index (χ2n) is 2.63. The number of halogens is 1. The SMILES string of the molecule is CNc1cc(C)c(Br)c([N+](=O)[O-])c1. The maximum atomic E-state index is 10.6. The molecular weight excluding hydrogens is 236 g/mol. The van der Waals surface area contributed by atoms with Crippen LogP contribution < -0.4 is 5.32 Å². The van der Waals surface area contributed by atoms with Crippen molar-refractivity contribution in [2.45, 2.75) is 6.92 Å². The monoisotopic (exact) mass is 244 g/mol. The van der Waals surface area contributed by atoms with Crippen LogP contribution in [0.1, 0.15) is 5.56 Å². The number of hydrogen-bond donors (Lipinski definition) is 1. The van der Waals surface area contributed by atoms with E-state index in [-0.39, 0.29) is 5.69 Å². The minimum atomic E-state index is -0.405. The Morgan fingerprint density at radius 3 is 2.62 bits per heavy atom. The van der Waals surface area contributed by atoms with Gasteiger partial charge in [0, 0.05) is 18.8 Å². The molecule has 0 saturated heterocycles. The van der Waals surface area contributed by atoms with Gasteiger partial charge in [-0.25, -0.2) is 0 Å². The molecule has 1 aromatic carbocycles. The Morgan fingerprint density at radius 1 is 1.54 bits per heavy atom.